The molecule has 2 aliphatic rings. The lowest BCUT2D eigenvalue weighted by molar-refractivity contribution is -0.248. The molecule has 0 bridgehead atoms. The van der Waals surface area contributed by atoms with E-state index in [1.165, 1.54) is 56.1 Å². The van der Waals surface area contributed by atoms with Crippen molar-refractivity contribution >= 4 is 0 Å². The topological polar surface area (TPSA) is 9.23 Å². The van der Waals surface area contributed by atoms with E-state index < -0.39 is 6.11 Å². The largest absolute Gasteiger partial charge is 0.383 e. The van der Waals surface area contributed by atoms with Gasteiger partial charge in [0.2, 0.25) is 0 Å². The third kappa shape index (κ3) is 7.87. The molecule has 2 aromatic rings. The highest BCUT2D eigenvalue weighted by molar-refractivity contribution is 5.28. The average molecular weight is 507 g/mol. The van der Waals surface area contributed by atoms with E-state index in [0.717, 1.165) is 36.7 Å². The Kier molecular flexibility index (Phi) is 10.1. The van der Waals surface area contributed by atoms with Crippen molar-refractivity contribution in [3.8, 4) is 0 Å². The fourth-order valence-corrected chi connectivity index (χ4v) is 6.34. The van der Waals surface area contributed by atoms with Crippen molar-refractivity contribution in [3.05, 3.63) is 95.6 Å². The fraction of sp³-hybridized carbons (Fsp3) is 0.529. The SMILES string of the molecule is C=CCCC1CCC(c2ccc(C(F)(F)OCCc3ccc(C4CCC(/C=C/C)CC4)cc3)cc2)CC1. The van der Waals surface area contributed by atoms with E-state index in [1.54, 1.807) is 12.1 Å². The van der Waals surface area contributed by atoms with Gasteiger partial charge in [-0.1, -0.05) is 66.8 Å². The molecule has 0 aliphatic heterocycles. The fourth-order valence-electron chi connectivity index (χ4n) is 6.34. The molecule has 0 aromatic heterocycles. The molecule has 2 fully saturated rings. The molecular weight excluding hydrogens is 462 g/mol. The lowest BCUT2D eigenvalue weighted by atomic mass is 9.77. The minimum absolute atomic E-state index is 0.00270. The van der Waals surface area contributed by atoms with Crippen LogP contribution in [0.4, 0.5) is 8.78 Å². The summed E-state index contributed by atoms with van der Waals surface area (Å²) in [5.41, 5.74) is 3.54. The van der Waals surface area contributed by atoms with E-state index in [4.69, 9.17) is 4.74 Å². The second-order valence-electron chi connectivity index (χ2n) is 11.2. The molecule has 2 aromatic carbocycles. The number of hydrogen-bond acceptors (Lipinski definition) is 1. The third-order valence-electron chi connectivity index (χ3n) is 8.71. The first-order valence-electron chi connectivity index (χ1n) is 14.4. The summed E-state index contributed by atoms with van der Waals surface area (Å²) in [6, 6.07) is 15.4. The smallest absolute Gasteiger partial charge is 0.316 e. The molecule has 1 nitrogen and oxygen atoms in total. The van der Waals surface area contributed by atoms with Crippen LogP contribution in [0.15, 0.2) is 73.3 Å². The Labute approximate surface area is 223 Å². The van der Waals surface area contributed by atoms with Crippen molar-refractivity contribution in [2.75, 3.05) is 6.61 Å². The van der Waals surface area contributed by atoms with Crippen LogP contribution in [0.25, 0.3) is 0 Å². The summed E-state index contributed by atoms with van der Waals surface area (Å²) in [5.74, 6) is 2.61. The van der Waals surface area contributed by atoms with Gasteiger partial charge in [-0.15, -0.1) is 6.58 Å². The van der Waals surface area contributed by atoms with E-state index in [9.17, 15) is 8.78 Å². The molecule has 0 unspecified atom stereocenters. The van der Waals surface area contributed by atoms with Gasteiger partial charge in [0.1, 0.15) is 0 Å². The Morgan fingerprint density at radius 1 is 0.838 bits per heavy atom. The number of allylic oxidation sites excluding steroid dienone is 3. The van der Waals surface area contributed by atoms with Gasteiger partial charge in [0.25, 0.3) is 0 Å². The predicted molar refractivity (Wildman–Crippen MR) is 150 cm³/mol. The van der Waals surface area contributed by atoms with Crippen molar-refractivity contribution in [3.63, 3.8) is 0 Å². The second-order valence-corrected chi connectivity index (χ2v) is 11.2. The van der Waals surface area contributed by atoms with Crippen LogP contribution in [0.2, 0.25) is 0 Å². The molecule has 0 spiro atoms. The van der Waals surface area contributed by atoms with E-state index in [0.29, 0.717) is 18.3 Å². The summed E-state index contributed by atoms with van der Waals surface area (Å²) in [7, 11) is 0. The maximum Gasteiger partial charge on any atom is 0.383 e. The van der Waals surface area contributed by atoms with Gasteiger partial charge in [-0.3, -0.25) is 0 Å². The van der Waals surface area contributed by atoms with Crippen molar-refractivity contribution in [2.24, 2.45) is 11.8 Å². The van der Waals surface area contributed by atoms with Gasteiger partial charge in [-0.2, -0.15) is 8.78 Å². The van der Waals surface area contributed by atoms with Crippen LogP contribution in [0.3, 0.4) is 0 Å². The Hall–Kier alpha value is -2.26. The number of halogens is 2. The van der Waals surface area contributed by atoms with Gasteiger partial charge in [-0.05, 0) is 118 Å². The maximum absolute atomic E-state index is 14.8. The van der Waals surface area contributed by atoms with E-state index >= 15 is 0 Å². The first-order valence-corrected chi connectivity index (χ1v) is 14.4. The zero-order chi connectivity index (χ0) is 26.1. The Morgan fingerprint density at radius 2 is 1.41 bits per heavy atom. The Bertz CT molecular complexity index is 975. The Morgan fingerprint density at radius 3 is 1.97 bits per heavy atom. The summed E-state index contributed by atoms with van der Waals surface area (Å²) in [4.78, 5) is 0. The molecule has 37 heavy (non-hydrogen) atoms. The number of ether oxygens (including phenoxy) is 1. The predicted octanol–water partition coefficient (Wildman–Crippen LogP) is 10.1. The molecule has 0 heterocycles. The monoisotopic (exact) mass is 506 g/mol. The van der Waals surface area contributed by atoms with Gasteiger partial charge in [-0.25, -0.2) is 0 Å². The van der Waals surface area contributed by atoms with Crippen molar-refractivity contribution in [1.82, 2.24) is 0 Å². The molecule has 2 saturated carbocycles. The second kappa shape index (κ2) is 13.5. The standard InChI is InChI=1S/C34H44F2O/c1-3-5-7-27-10-16-31(17-11-27)32-20-22-33(23-21-32)34(35,36)37-25-24-28-12-18-30(19-13-28)29-14-8-26(6-4-2)9-15-29/h3-4,6,12-13,18-23,26-27,29,31H,1,5,7-11,14-17,24-25H2,2H3/b6-4+. The van der Waals surface area contributed by atoms with Crippen LogP contribution in [-0.2, 0) is 17.3 Å². The van der Waals surface area contributed by atoms with Gasteiger partial charge >= 0.3 is 6.11 Å². The molecule has 0 saturated heterocycles. The van der Waals surface area contributed by atoms with Crippen LogP contribution in [0, 0.1) is 11.8 Å². The first-order chi connectivity index (χ1) is 18.0. The lowest BCUT2D eigenvalue weighted by Crippen LogP contribution is -2.20. The minimum Gasteiger partial charge on any atom is -0.316 e. The normalized spacial score (nSPS) is 24.8. The molecule has 0 amide bonds. The summed E-state index contributed by atoms with van der Waals surface area (Å²) in [6.45, 7) is 5.92. The molecule has 0 atom stereocenters. The lowest BCUT2D eigenvalue weighted by Gasteiger charge is -2.29. The molecular formula is C34H44F2O. The number of alkyl halides is 2. The number of benzene rings is 2. The highest BCUT2D eigenvalue weighted by atomic mass is 19.3. The summed E-state index contributed by atoms with van der Waals surface area (Å²) in [6.07, 6.45) is 15.7. The average Bonchev–Trinajstić information content (AvgIpc) is 2.93. The van der Waals surface area contributed by atoms with E-state index in [1.807, 2.05) is 18.2 Å². The van der Waals surface area contributed by atoms with Crippen LogP contribution < -0.4 is 0 Å². The van der Waals surface area contributed by atoms with E-state index in [-0.39, 0.29) is 12.2 Å². The zero-order valence-corrected chi connectivity index (χ0v) is 22.5. The van der Waals surface area contributed by atoms with Gasteiger partial charge in [0, 0.05) is 0 Å². The molecule has 3 heteroatoms. The van der Waals surface area contributed by atoms with Crippen LogP contribution in [-0.4, -0.2) is 6.61 Å². The highest BCUT2D eigenvalue weighted by Gasteiger charge is 2.33. The summed E-state index contributed by atoms with van der Waals surface area (Å²) >= 11 is 0. The van der Waals surface area contributed by atoms with Crippen molar-refractivity contribution in [2.45, 2.75) is 95.5 Å². The molecule has 0 radical (unpaired) electrons. The summed E-state index contributed by atoms with van der Waals surface area (Å²) in [5, 5.41) is 0. The highest BCUT2D eigenvalue weighted by Crippen LogP contribution is 2.39. The van der Waals surface area contributed by atoms with Crippen LogP contribution in [0.5, 0.6) is 0 Å². The molecule has 200 valence electrons. The zero-order valence-electron chi connectivity index (χ0n) is 22.5. The first kappa shape index (κ1) is 27.8. The van der Waals surface area contributed by atoms with Gasteiger partial charge in [0.15, 0.2) is 0 Å². The number of hydrogen-bond donors (Lipinski definition) is 0. The van der Waals surface area contributed by atoms with E-state index in [2.05, 4.69) is 49.9 Å². The molecule has 4 rings (SSSR count). The Balaban J connectivity index is 1.22. The van der Waals surface area contributed by atoms with Crippen molar-refractivity contribution in [1.29, 1.82) is 0 Å². The van der Waals surface area contributed by atoms with Gasteiger partial charge < -0.3 is 4.74 Å². The molecule has 2 aliphatic carbocycles. The maximum atomic E-state index is 14.8. The minimum atomic E-state index is -3.27. The van der Waals surface area contributed by atoms with Gasteiger partial charge in [0.05, 0.1) is 12.2 Å². The van der Waals surface area contributed by atoms with Crippen molar-refractivity contribution < 1.29 is 13.5 Å². The third-order valence-corrected chi connectivity index (χ3v) is 8.71. The quantitative estimate of drug-likeness (QED) is 0.275. The van der Waals surface area contributed by atoms with Crippen LogP contribution in [0.1, 0.15) is 105 Å². The number of rotatable bonds is 11. The van der Waals surface area contributed by atoms with Crippen LogP contribution >= 0.6 is 0 Å². The molecule has 0 N–H and O–H groups in total. The summed E-state index contributed by atoms with van der Waals surface area (Å²) < 4.78 is 34.6.